The van der Waals surface area contributed by atoms with Gasteiger partial charge in [0.05, 0.1) is 10.00 Å². The van der Waals surface area contributed by atoms with Crippen LogP contribution in [0.2, 0.25) is 0 Å². The predicted molar refractivity (Wildman–Crippen MR) is 58.9 cm³/mol. The van der Waals surface area contributed by atoms with Crippen molar-refractivity contribution in [1.82, 2.24) is 0 Å². The van der Waals surface area contributed by atoms with Crippen LogP contribution in [0.1, 0.15) is 46.5 Å². The molecule has 84 valence electrons. The molecule has 2 N–H and O–H groups in total. The molecule has 0 aromatic carbocycles. The molecule has 0 aromatic heterocycles. The Balaban J connectivity index is 3.12. The van der Waals surface area contributed by atoms with Crippen LogP contribution in [-0.4, -0.2) is 24.5 Å². The summed E-state index contributed by atoms with van der Waals surface area (Å²) in [6.07, 6.45) is 3.47. The second-order valence-electron chi connectivity index (χ2n) is 4.65. The van der Waals surface area contributed by atoms with Gasteiger partial charge in [0.2, 0.25) is 0 Å². The van der Waals surface area contributed by atoms with E-state index in [9.17, 15) is 8.42 Å². The fraction of sp³-hybridized carbons (Fsp3) is 1.00. The molecule has 0 bridgehead atoms. The zero-order valence-electron chi connectivity index (χ0n) is 9.29. The molecule has 4 heteroatoms. The monoisotopic (exact) mass is 219 g/mol. The highest BCUT2D eigenvalue weighted by atomic mass is 32.2. The molecule has 0 aliphatic heterocycles. The third kappa shape index (κ3) is 1.58. The van der Waals surface area contributed by atoms with Crippen LogP contribution < -0.4 is 5.73 Å². The van der Waals surface area contributed by atoms with Gasteiger partial charge >= 0.3 is 0 Å². The van der Waals surface area contributed by atoms with Gasteiger partial charge in [-0.05, 0) is 33.6 Å². The van der Waals surface area contributed by atoms with Crippen LogP contribution in [0.15, 0.2) is 0 Å². The van der Waals surface area contributed by atoms with Gasteiger partial charge in [-0.2, -0.15) is 0 Å². The third-order valence-corrected chi connectivity index (χ3v) is 6.62. The van der Waals surface area contributed by atoms with Gasteiger partial charge in [-0.3, -0.25) is 0 Å². The van der Waals surface area contributed by atoms with Crippen LogP contribution in [0, 0.1) is 0 Å². The second-order valence-corrected chi connectivity index (χ2v) is 7.50. The van der Waals surface area contributed by atoms with Gasteiger partial charge in [-0.15, -0.1) is 0 Å². The van der Waals surface area contributed by atoms with Crippen LogP contribution >= 0.6 is 0 Å². The molecule has 1 fully saturated rings. The molecule has 1 rings (SSSR count). The molecule has 1 aliphatic carbocycles. The van der Waals surface area contributed by atoms with Crippen molar-refractivity contribution < 1.29 is 8.42 Å². The predicted octanol–water partition coefficient (Wildman–Crippen LogP) is 1.47. The van der Waals surface area contributed by atoms with E-state index >= 15 is 0 Å². The van der Waals surface area contributed by atoms with Gasteiger partial charge in [-0.25, -0.2) is 8.42 Å². The second kappa shape index (κ2) is 3.81. The highest BCUT2D eigenvalue weighted by molar-refractivity contribution is 7.93. The van der Waals surface area contributed by atoms with E-state index in [2.05, 4.69) is 0 Å². The van der Waals surface area contributed by atoms with Crippen molar-refractivity contribution in [3.63, 3.8) is 0 Å². The van der Waals surface area contributed by atoms with E-state index in [1.54, 1.807) is 13.8 Å². The molecule has 3 nitrogen and oxygen atoms in total. The van der Waals surface area contributed by atoms with Crippen molar-refractivity contribution in [2.45, 2.75) is 62.5 Å². The summed E-state index contributed by atoms with van der Waals surface area (Å²) in [6.45, 7) is 5.32. The summed E-state index contributed by atoms with van der Waals surface area (Å²) in [5.74, 6) is 0. The van der Waals surface area contributed by atoms with E-state index < -0.39 is 14.6 Å². The van der Waals surface area contributed by atoms with Crippen LogP contribution in [0.25, 0.3) is 0 Å². The van der Waals surface area contributed by atoms with E-state index in [1.807, 2.05) is 6.92 Å². The lowest BCUT2D eigenvalue weighted by Crippen LogP contribution is -2.52. The van der Waals surface area contributed by atoms with Gasteiger partial charge in [0.15, 0.2) is 9.84 Å². The molecule has 0 radical (unpaired) electrons. The zero-order valence-corrected chi connectivity index (χ0v) is 10.1. The summed E-state index contributed by atoms with van der Waals surface area (Å²) in [7, 11) is -3.06. The number of hydrogen-bond donors (Lipinski definition) is 1. The Hall–Kier alpha value is -0.0900. The van der Waals surface area contributed by atoms with Gasteiger partial charge in [0.25, 0.3) is 0 Å². The average Bonchev–Trinajstić information content (AvgIpc) is 2.52. The van der Waals surface area contributed by atoms with E-state index in [0.717, 1.165) is 25.7 Å². The van der Waals surface area contributed by atoms with Crippen LogP contribution in [0.5, 0.6) is 0 Å². The molecule has 14 heavy (non-hydrogen) atoms. The molecular formula is C10H21NO2S. The number of rotatable bonds is 3. The molecule has 1 unspecified atom stereocenters. The molecule has 1 saturated carbocycles. The Morgan fingerprint density at radius 3 is 1.86 bits per heavy atom. The lowest BCUT2D eigenvalue weighted by atomic mass is 9.99. The normalized spacial score (nSPS) is 24.1. The van der Waals surface area contributed by atoms with Crippen LogP contribution in [0.3, 0.4) is 0 Å². The highest BCUT2D eigenvalue weighted by Crippen LogP contribution is 2.40. The molecule has 1 atom stereocenters. The minimum Gasteiger partial charge on any atom is -0.327 e. The summed E-state index contributed by atoms with van der Waals surface area (Å²) in [5, 5.41) is -0.313. The summed E-state index contributed by atoms with van der Waals surface area (Å²) < 4.78 is 23.8. The lowest BCUT2D eigenvalue weighted by Gasteiger charge is -2.34. The highest BCUT2D eigenvalue weighted by Gasteiger charge is 2.49. The first-order valence-corrected chi connectivity index (χ1v) is 6.88. The van der Waals surface area contributed by atoms with Crippen molar-refractivity contribution >= 4 is 9.84 Å². The van der Waals surface area contributed by atoms with Crippen molar-refractivity contribution in [2.75, 3.05) is 0 Å². The van der Waals surface area contributed by atoms with Crippen molar-refractivity contribution in [1.29, 1.82) is 0 Å². The van der Waals surface area contributed by atoms with E-state index in [-0.39, 0.29) is 11.3 Å². The average molecular weight is 219 g/mol. The van der Waals surface area contributed by atoms with Crippen LogP contribution in [0.4, 0.5) is 0 Å². The molecule has 0 saturated heterocycles. The SMILES string of the molecule is CC(N)C1(S(=O)(=O)C(C)C)CCCC1. The first kappa shape index (κ1) is 12.0. The molecular weight excluding hydrogens is 198 g/mol. The van der Waals surface area contributed by atoms with Crippen molar-refractivity contribution in [3.05, 3.63) is 0 Å². The Kier molecular flexibility index (Phi) is 3.26. The lowest BCUT2D eigenvalue weighted by molar-refractivity contribution is 0.450. The van der Waals surface area contributed by atoms with E-state index in [4.69, 9.17) is 5.73 Å². The molecule has 0 heterocycles. The van der Waals surface area contributed by atoms with Gasteiger partial charge < -0.3 is 5.73 Å². The van der Waals surface area contributed by atoms with Crippen molar-refractivity contribution in [2.24, 2.45) is 5.73 Å². The Morgan fingerprint density at radius 2 is 1.57 bits per heavy atom. The van der Waals surface area contributed by atoms with Crippen molar-refractivity contribution in [3.8, 4) is 0 Å². The zero-order chi connectivity index (χ0) is 11.0. The summed E-state index contributed by atoms with van der Waals surface area (Å²) in [6, 6.07) is -0.252. The van der Waals surface area contributed by atoms with E-state index in [0.29, 0.717) is 0 Å². The largest absolute Gasteiger partial charge is 0.327 e. The van der Waals surface area contributed by atoms with Gasteiger partial charge in [0, 0.05) is 6.04 Å². The first-order valence-electron chi connectivity index (χ1n) is 5.33. The smallest absolute Gasteiger partial charge is 0.159 e. The third-order valence-electron chi connectivity index (χ3n) is 3.47. The minimum atomic E-state index is -3.06. The Bertz CT molecular complexity index is 287. The Labute approximate surface area is 87.0 Å². The van der Waals surface area contributed by atoms with Crippen LogP contribution in [-0.2, 0) is 9.84 Å². The summed E-state index contributed by atoms with van der Waals surface area (Å²) >= 11 is 0. The Morgan fingerprint density at radius 1 is 1.14 bits per heavy atom. The minimum absolute atomic E-state index is 0.252. The standard InChI is InChI=1S/C10H21NO2S/c1-8(2)14(12,13)10(9(3)11)6-4-5-7-10/h8-9H,4-7,11H2,1-3H3. The van der Waals surface area contributed by atoms with E-state index in [1.165, 1.54) is 0 Å². The van der Waals surface area contributed by atoms with Gasteiger partial charge in [0.1, 0.15) is 0 Å². The molecule has 0 aromatic rings. The number of sulfone groups is 1. The molecule has 0 spiro atoms. The fourth-order valence-electron chi connectivity index (χ4n) is 2.44. The first-order chi connectivity index (χ1) is 6.34. The van der Waals surface area contributed by atoms with Gasteiger partial charge in [-0.1, -0.05) is 12.8 Å². The maximum absolute atomic E-state index is 12.2. The molecule has 0 amide bonds. The molecule has 1 aliphatic rings. The maximum Gasteiger partial charge on any atom is 0.159 e. The summed E-state index contributed by atoms with van der Waals surface area (Å²) in [4.78, 5) is 0. The summed E-state index contributed by atoms with van der Waals surface area (Å²) in [5.41, 5.74) is 5.88. The number of nitrogens with two attached hydrogens (primary N) is 1. The number of hydrogen-bond acceptors (Lipinski definition) is 3. The quantitative estimate of drug-likeness (QED) is 0.782. The topological polar surface area (TPSA) is 60.2 Å². The maximum atomic E-state index is 12.2. The fourth-order valence-corrected chi connectivity index (χ4v) is 4.76.